The fraction of sp³-hybridized carbons (Fsp3) is 0.435. The Bertz CT molecular complexity index is 861. The van der Waals surface area contributed by atoms with E-state index in [9.17, 15) is 9.90 Å². The Kier molecular flexibility index (Phi) is 4.47. The van der Waals surface area contributed by atoms with Crippen molar-refractivity contribution in [2.24, 2.45) is 5.92 Å². The van der Waals surface area contributed by atoms with Crippen molar-refractivity contribution in [3.8, 4) is 5.75 Å². The predicted molar refractivity (Wildman–Crippen MR) is 108 cm³/mol. The lowest BCUT2D eigenvalue weighted by molar-refractivity contribution is -0.114. The zero-order chi connectivity index (χ0) is 19.2. The van der Waals surface area contributed by atoms with Crippen LogP contribution in [-0.4, -0.2) is 28.5 Å². The summed E-state index contributed by atoms with van der Waals surface area (Å²) in [7, 11) is 0. The van der Waals surface area contributed by atoms with Gasteiger partial charge < -0.3 is 10.4 Å². The molecule has 3 atom stereocenters. The summed E-state index contributed by atoms with van der Waals surface area (Å²) >= 11 is 0. The third kappa shape index (κ3) is 3.23. The minimum atomic E-state index is -0.0428. The lowest BCUT2D eigenvalue weighted by Crippen LogP contribution is -2.57. The van der Waals surface area contributed by atoms with E-state index in [0.717, 1.165) is 31.6 Å². The molecule has 1 aliphatic carbocycles. The molecule has 1 heterocycles. The number of benzene rings is 2. The third-order valence-electron chi connectivity index (χ3n) is 6.77. The Morgan fingerprint density at radius 3 is 2.70 bits per heavy atom. The molecule has 1 saturated heterocycles. The number of hydrogen-bond donors (Lipinski definition) is 2. The van der Waals surface area contributed by atoms with Crippen LogP contribution in [0.3, 0.4) is 0 Å². The van der Waals surface area contributed by atoms with Crippen molar-refractivity contribution in [3.63, 3.8) is 0 Å². The van der Waals surface area contributed by atoms with Gasteiger partial charge in [0, 0.05) is 25.2 Å². The Balaban J connectivity index is 1.55. The molecule has 27 heavy (non-hydrogen) atoms. The Morgan fingerprint density at radius 1 is 1.26 bits per heavy atom. The number of rotatable bonds is 3. The van der Waals surface area contributed by atoms with Gasteiger partial charge in [0.15, 0.2) is 0 Å². The number of phenolic OH excluding ortho intramolecular Hbond substituents is 1. The van der Waals surface area contributed by atoms with Gasteiger partial charge in [-0.25, -0.2) is 0 Å². The number of nitrogens with zero attached hydrogens (tertiary/aromatic N) is 1. The van der Waals surface area contributed by atoms with Gasteiger partial charge in [-0.05, 0) is 71.7 Å². The van der Waals surface area contributed by atoms with Crippen molar-refractivity contribution in [1.82, 2.24) is 4.90 Å². The minimum Gasteiger partial charge on any atom is -0.508 e. The second-order valence-electron chi connectivity index (χ2n) is 8.42. The van der Waals surface area contributed by atoms with Crippen LogP contribution in [0.25, 0.3) is 0 Å². The summed E-state index contributed by atoms with van der Waals surface area (Å²) in [6.45, 7) is 8.25. The summed E-state index contributed by atoms with van der Waals surface area (Å²) in [5, 5.41) is 12.8. The van der Waals surface area contributed by atoms with E-state index in [-0.39, 0.29) is 11.3 Å². The molecular weight excluding hydrogens is 336 g/mol. The van der Waals surface area contributed by atoms with E-state index in [1.165, 1.54) is 23.6 Å². The monoisotopic (exact) mass is 364 g/mol. The molecular formula is C23H28N2O2. The van der Waals surface area contributed by atoms with E-state index in [1.54, 1.807) is 0 Å². The first-order valence-corrected chi connectivity index (χ1v) is 9.80. The summed E-state index contributed by atoms with van der Waals surface area (Å²) in [4.78, 5) is 13.8. The van der Waals surface area contributed by atoms with Crippen LogP contribution in [0.5, 0.6) is 5.75 Å². The SMILES string of the molecule is CC(=O)Nc1ccc(CN2CC[C@]3(C)c4cc(O)ccc4C[C@H]2[C@H]3C)cc1. The molecule has 4 heteroatoms. The highest BCUT2D eigenvalue weighted by molar-refractivity contribution is 5.88. The van der Waals surface area contributed by atoms with Gasteiger partial charge in [-0.3, -0.25) is 9.69 Å². The number of hydrogen-bond acceptors (Lipinski definition) is 3. The highest BCUT2D eigenvalue weighted by atomic mass is 16.3. The van der Waals surface area contributed by atoms with Crippen LogP contribution in [-0.2, 0) is 23.2 Å². The minimum absolute atomic E-state index is 0.0428. The molecule has 1 aliphatic heterocycles. The van der Waals surface area contributed by atoms with Crippen LogP contribution in [0.1, 0.15) is 43.9 Å². The van der Waals surface area contributed by atoms with Crippen molar-refractivity contribution in [2.75, 3.05) is 11.9 Å². The van der Waals surface area contributed by atoms with Gasteiger partial charge in [0.05, 0.1) is 0 Å². The van der Waals surface area contributed by atoms with Gasteiger partial charge in [-0.1, -0.05) is 32.0 Å². The molecule has 4 nitrogen and oxygen atoms in total. The van der Waals surface area contributed by atoms with Crippen molar-refractivity contribution in [2.45, 2.75) is 51.6 Å². The molecule has 142 valence electrons. The fourth-order valence-electron chi connectivity index (χ4n) is 5.02. The van der Waals surface area contributed by atoms with Gasteiger partial charge in [-0.15, -0.1) is 0 Å². The Labute approximate surface area is 161 Å². The standard InChI is InChI=1S/C23H28N2O2/c1-15-22-12-18-6-9-20(27)13-21(18)23(15,3)10-11-25(22)14-17-4-7-19(8-5-17)24-16(2)26/h4-9,13,15,22,27H,10-12,14H2,1-3H3,(H,24,26)/t15-,22+,23+/m1/s1. The molecule has 2 aromatic carbocycles. The maximum absolute atomic E-state index is 11.2. The van der Waals surface area contributed by atoms with Crippen LogP contribution >= 0.6 is 0 Å². The smallest absolute Gasteiger partial charge is 0.221 e. The maximum Gasteiger partial charge on any atom is 0.221 e. The van der Waals surface area contributed by atoms with Crippen molar-refractivity contribution in [1.29, 1.82) is 0 Å². The predicted octanol–water partition coefficient (Wildman–Crippen LogP) is 4.08. The molecule has 2 aromatic rings. The number of likely N-dealkylation sites (tertiary alicyclic amines) is 1. The lowest BCUT2D eigenvalue weighted by Gasteiger charge is -2.54. The maximum atomic E-state index is 11.2. The Hall–Kier alpha value is -2.33. The molecule has 0 aromatic heterocycles. The molecule has 4 rings (SSSR count). The second-order valence-corrected chi connectivity index (χ2v) is 8.42. The topological polar surface area (TPSA) is 52.6 Å². The number of amides is 1. The van der Waals surface area contributed by atoms with Crippen LogP contribution in [0.2, 0.25) is 0 Å². The molecule has 0 spiro atoms. The number of piperidine rings is 1. The zero-order valence-electron chi connectivity index (χ0n) is 16.3. The molecule has 2 aliphatic rings. The highest BCUT2D eigenvalue weighted by Crippen LogP contribution is 2.49. The largest absolute Gasteiger partial charge is 0.508 e. The van der Waals surface area contributed by atoms with E-state index in [2.05, 4.69) is 42.3 Å². The summed E-state index contributed by atoms with van der Waals surface area (Å²) in [5.74, 6) is 0.875. The molecule has 0 radical (unpaired) electrons. The molecule has 1 fully saturated rings. The van der Waals surface area contributed by atoms with E-state index in [1.807, 2.05) is 24.3 Å². The van der Waals surface area contributed by atoms with Crippen LogP contribution in [0.4, 0.5) is 5.69 Å². The van der Waals surface area contributed by atoms with E-state index >= 15 is 0 Å². The second kappa shape index (κ2) is 6.68. The van der Waals surface area contributed by atoms with E-state index in [4.69, 9.17) is 0 Å². The van der Waals surface area contributed by atoms with Crippen molar-refractivity contribution >= 4 is 11.6 Å². The summed E-state index contributed by atoms with van der Waals surface area (Å²) in [6.07, 6.45) is 2.14. The van der Waals surface area contributed by atoms with Gasteiger partial charge in [0.25, 0.3) is 0 Å². The molecule has 2 bridgehead atoms. The number of nitrogens with one attached hydrogen (secondary N) is 1. The summed E-state index contributed by atoms with van der Waals surface area (Å²) < 4.78 is 0. The van der Waals surface area contributed by atoms with Crippen molar-refractivity contribution < 1.29 is 9.90 Å². The number of fused-ring (bicyclic) bond motifs is 4. The fourth-order valence-corrected chi connectivity index (χ4v) is 5.02. The highest BCUT2D eigenvalue weighted by Gasteiger charge is 2.48. The normalized spacial score (nSPS) is 27.1. The average molecular weight is 364 g/mol. The molecule has 2 N–H and O–H groups in total. The van der Waals surface area contributed by atoms with Gasteiger partial charge in [0.1, 0.15) is 5.75 Å². The number of phenols is 1. The van der Waals surface area contributed by atoms with Gasteiger partial charge >= 0.3 is 0 Å². The number of anilines is 1. The summed E-state index contributed by atoms with van der Waals surface area (Å²) in [5.41, 5.74) is 4.96. The van der Waals surface area contributed by atoms with E-state index < -0.39 is 0 Å². The molecule has 0 saturated carbocycles. The van der Waals surface area contributed by atoms with E-state index in [0.29, 0.717) is 17.7 Å². The summed E-state index contributed by atoms with van der Waals surface area (Å²) in [6, 6.07) is 14.6. The van der Waals surface area contributed by atoms with Crippen LogP contribution in [0, 0.1) is 5.92 Å². The lowest BCUT2D eigenvalue weighted by atomic mass is 9.59. The van der Waals surface area contributed by atoms with Gasteiger partial charge in [0.2, 0.25) is 5.91 Å². The first kappa shape index (κ1) is 18.1. The van der Waals surface area contributed by atoms with Crippen molar-refractivity contribution in [3.05, 3.63) is 59.2 Å². The first-order valence-electron chi connectivity index (χ1n) is 9.80. The first-order chi connectivity index (χ1) is 12.9. The number of carbonyl (C=O) groups is 1. The molecule has 0 unspecified atom stereocenters. The quantitative estimate of drug-likeness (QED) is 0.863. The molecule has 1 amide bonds. The average Bonchev–Trinajstić information content (AvgIpc) is 2.62. The van der Waals surface area contributed by atoms with Gasteiger partial charge in [-0.2, -0.15) is 0 Å². The van der Waals surface area contributed by atoms with Crippen LogP contribution < -0.4 is 5.32 Å². The number of aromatic hydroxyl groups is 1. The number of carbonyl (C=O) groups excluding carboxylic acids is 1. The zero-order valence-corrected chi connectivity index (χ0v) is 16.3. The van der Waals surface area contributed by atoms with Crippen LogP contribution in [0.15, 0.2) is 42.5 Å². The third-order valence-corrected chi connectivity index (χ3v) is 6.77. The Morgan fingerprint density at radius 2 is 2.00 bits per heavy atom.